The van der Waals surface area contributed by atoms with Crippen molar-refractivity contribution in [2.75, 3.05) is 0 Å². The standard InChI is InChI=1S/C9H9Cl2N3O.ClH/c10-6-2-1-5(3-7(6)11)4-8(15)14-9(12)13;/h1-3H,4H2,(H4,12,13,14,15);1H. The van der Waals surface area contributed by atoms with Crippen LogP contribution in [0.25, 0.3) is 0 Å². The number of benzene rings is 1. The zero-order chi connectivity index (χ0) is 11.4. The lowest BCUT2D eigenvalue weighted by Crippen LogP contribution is -2.24. The van der Waals surface area contributed by atoms with Crippen LogP contribution < -0.4 is 11.5 Å². The van der Waals surface area contributed by atoms with Crippen LogP contribution in [0.5, 0.6) is 0 Å². The van der Waals surface area contributed by atoms with Crippen molar-refractivity contribution in [2.24, 2.45) is 16.5 Å². The molecule has 0 saturated heterocycles. The monoisotopic (exact) mass is 281 g/mol. The smallest absolute Gasteiger partial charge is 0.253 e. The molecule has 1 aromatic rings. The second-order valence-corrected chi connectivity index (χ2v) is 3.67. The Morgan fingerprint density at radius 2 is 1.88 bits per heavy atom. The van der Waals surface area contributed by atoms with Gasteiger partial charge in [-0.2, -0.15) is 4.99 Å². The van der Waals surface area contributed by atoms with Crippen LogP contribution in [0.4, 0.5) is 0 Å². The Kier molecular flexibility index (Phi) is 6.18. The van der Waals surface area contributed by atoms with Gasteiger partial charge in [0.15, 0.2) is 5.96 Å². The van der Waals surface area contributed by atoms with E-state index in [1.807, 2.05) is 0 Å². The van der Waals surface area contributed by atoms with E-state index < -0.39 is 5.91 Å². The van der Waals surface area contributed by atoms with Crippen LogP contribution in [-0.4, -0.2) is 11.9 Å². The van der Waals surface area contributed by atoms with Crippen molar-refractivity contribution in [3.05, 3.63) is 33.8 Å². The number of rotatable bonds is 2. The number of carbonyl (C=O) groups is 1. The lowest BCUT2D eigenvalue weighted by molar-refractivity contribution is -0.117. The van der Waals surface area contributed by atoms with Crippen LogP contribution in [0.2, 0.25) is 10.0 Å². The molecule has 7 heteroatoms. The van der Waals surface area contributed by atoms with E-state index in [-0.39, 0.29) is 24.8 Å². The van der Waals surface area contributed by atoms with Gasteiger partial charge in [0.1, 0.15) is 0 Å². The maximum atomic E-state index is 11.2. The van der Waals surface area contributed by atoms with Crippen LogP contribution in [0.1, 0.15) is 5.56 Å². The van der Waals surface area contributed by atoms with Gasteiger partial charge in [-0.3, -0.25) is 4.79 Å². The Bertz CT molecular complexity index is 416. The molecule has 0 spiro atoms. The van der Waals surface area contributed by atoms with Crippen LogP contribution in [0.15, 0.2) is 23.2 Å². The fourth-order valence-corrected chi connectivity index (χ4v) is 1.33. The first kappa shape index (κ1) is 15.0. The fraction of sp³-hybridized carbons (Fsp3) is 0.111. The number of amides is 1. The second-order valence-electron chi connectivity index (χ2n) is 2.86. The maximum Gasteiger partial charge on any atom is 0.253 e. The fourth-order valence-electron chi connectivity index (χ4n) is 1.01. The van der Waals surface area contributed by atoms with Crippen molar-refractivity contribution < 1.29 is 4.79 Å². The van der Waals surface area contributed by atoms with Gasteiger partial charge < -0.3 is 11.5 Å². The minimum atomic E-state index is -0.423. The zero-order valence-corrected chi connectivity index (χ0v) is 10.4. The molecule has 0 bridgehead atoms. The molecule has 16 heavy (non-hydrogen) atoms. The van der Waals surface area contributed by atoms with Gasteiger partial charge in [0.05, 0.1) is 16.5 Å². The lowest BCUT2D eigenvalue weighted by atomic mass is 10.1. The van der Waals surface area contributed by atoms with Crippen molar-refractivity contribution in [3.8, 4) is 0 Å². The van der Waals surface area contributed by atoms with Gasteiger partial charge in [0.25, 0.3) is 5.91 Å². The molecule has 0 saturated carbocycles. The van der Waals surface area contributed by atoms with Gasteiger partial charge in [-0.05, 0) is 17.7 Å². The molecular formula is C9H10Cl3N3O. The predicted molar refractivity (Wildman–Crippen MR) is 68.2 cm³/mol. The Morgan fingerprint density at radius 3 is 2.38 bits per heavy atom. The van der Waals surface area contributed by atoms with Gasteiger partial charge in [0, 0.05) is 0 Å². The van der Waals surface area contributed by atoms with Gasteiger partial charge in [-0.25, -0.2) is 0 Å². The minimum Gasteiger partial charge on any atom is -0.370 e. The molecule has 88 valence electrons. The molecule has 0 aliphatic carbocycles. The molecule has 1 aromatic carbocycles. The normalized spacial score (nSPS) is 9.12. The largest absolute Gasteiger partial charge is 0.370 e. The van der Waals surface area contributed by atoms with Crippen molar-refractivity contribution in [1.82, 2.24) is 0 Å². The van der Waals surface area contributed by atoms with E-state index in [0.717, 1.165) is 0 Å². The molecule has 0 unspecified atom stereocenters. The van der Waals surface area contributed by atoms with E-state index in [0.29, 0.717) is 15.6 Å². The van der Waals surface area contributed by atoms with Crippen molar-refractivity contribution >= 4 is 47.5 Å². The first-order valence-corrected chi connectivity index (χ1v) is 4.81. The Labute approximate surface area is 109 Å². The highest BCUT2D eigenvalue weighted by Gasteiger charge is 2.04. The van der Waals surface area contributed by atoms with E-state index in [2.05, 4.69) is 4.99 Å². The third-order valence-electron chi connectivity index (χ3n) is 1.59. The molecule has 0 radical (unpaired) electrons. The number of guanidine groups is 1. The van der Waals surface area contributed by atoms with Crippen LogP contribution in [0, 0.1) is 0 Å². The summed E-state index contributed by atoms with van der Waals surface area (Å²) in [6.07, 6.45) is 0.0921. The highest BCUT2D eigenvalue weighted by molar-refractivity contribution is 6.42. The Balaban J connectivity index is 0.00000225. The summed E-state index contributed by atoms with van der Waals surface area (Å²) in [5, 5.41) is 0.835. The molecule has 1 amide bonds. The first-order chi connectivity index (χ1) is 6.99. The quantitative estimate of drug-likeness (QED) is 0.640. The molecule has 4 nitrogen and oxygen atoms in total. The van der Waals surface area contributed by atoms with Gasteiger partial charge >= 0.3 is 0 Å². The SMILES string of the molecule is Cl.NC(N)=NC(=O)Cc1ccc(Cl)c(Cl)c1. The molecule has 0 aromatic heterocycles. The molecule has 0 aliphatic heterocycles. The van der Waals surface area contributed by atoms with Crippen LogP contribution >= 0.6 is 35.6 Å². The summed E-state index contributed by atoms with van der Waals surface area (Å²) in [5.41, 5.74) is 10.8. The molecular weight excluding hydrogens is 272 g/mol. The molecule has 4 N–H and O–H groups in total. The van der Waals surface area contributed by atoms with E-state index in [9.17, 15) is 4.79 Å². The van der Waals surface area contributed by atoms with E-state index in [4.69, 9.17) is 34.7 Å². The van der Waals surface area contributed by atoms with Gasteiger partial charge in [-0.1, -0.05) is 29.3 Å². The number of carbonyl (C=O) groups excluding carboxylic acids is 1. The van der Waals surface area contributed by atoms with Gasteiger partial charge in [0.2, 0.25) is 0 Å². The topological polar surface area (TPSA) is 81.5 Å². The molecule has 0 atom stereocenters. The summed E-state index contributed by atoms with van der Waals surface area (Å²) in [6, 6.07) is 4.90. The summed E-state index contributed by atoms with van der Waals surface area (Å²) in [5.74, 6) is -0.673. The average molecular weight is 283 g/mol. The third kappa shape index (κ3) is 4.70. The first-order valence-electron chi connectivity index (χ1n) is 4.05. The number of halogens is 3. The molecule has 0 heterocycles. The Hall–Kier alpha value is -0.970. The number of aliphatic imine (C=N–C) groups is 1. The van der Waals surface area contributed by atoms with Crippen molar-refractivity contribution in [2.45, 2.75) is 6.42 Å². The van der Waals surface area contributed by atoms with Gasteiger partial charge in [-0.15, -0.1) is 12.4 Å². The summed E-state index contributed by atoms with van der Waals surface area (Å²) in [6.45, 7) is 0. The predicted octanol–water partition coefficient (Wildman–Crippen LogP) is 1.76. The number of nitrogens with two attached hydrogens (primary N) is 2. The molecule has 0 fully saturated rings. The summed E-state index contributed by atoms with van der Waals surface area (Å²) < 4.78 is 0. The van der Waals surface area contributed by atoms with Crippen molar-refractivity contribution in [1.29, 1.82) is 0 Å². The van der Waals surface area contributed by atoms with Crippen LogP contribution in [0.3, 0.4) is 0 Å². The summed E-state index contributed by atoms with van der Waals surface area (Å²) in [4.78, 5) is 14.6. The third-order valence-corrected chi connectivity index (χ3v) is 2.33. The summed E-state index contributed by atoms with van der Waals surface area (Å²) >= 11 is 11.5. The molecule has 0 aliphatic rings. The second kappa shape index (κ2) is 6.58. The van der Waals surface area contributed by atoms with Crippen LogP contribution in [-0.2, 0) is 11.2 Å². The zero-order valence-electron chi connectivity index (χ0n) is 8.11. The van der Waals surface area contributed by atoms with Crippen molar-refractivity contribution in [3.63, 3.8) is 0 Å². The number of hydrogen-bond donors (Lipinski definition) is 2. The molecule has 1 rings (SSSR count). The highest BCUT2D eigenvalue weighted by atomic mass is 35.5. The number of hydrogen-bond acceptors (Lipinski definition) is 1. The number of nitrogens with zero attached hydrogens (tertiary/aromatic N) is 1. The maximum absolute atomic E-state index is 11.2. The minimum absolute atomic E-state index is 0. The lowest BCUT2D eigenvalue weighted by Gasteiger charge is -2.00. The van der Waals surface area contributed by atoms with E-state index >= 15 is 0 Å². The van der Waals surface area contributed by atoms with E-state index in [1.165, 1.54) is 0 Å². The Morgan fingerprint density at radius 1 is 1.25 bits per heavy atom. The van der Waals surface area contributed by atoms with E-state index in [1.54, 1.807) is 18.2 Å². The highest BCUT2D eigenvalue weighted by Crippen LogP contribution is 2.22. The average Bonchev–Trinajstić information content (AvgIpc) is 2.10. The summed E-state index contributed by atoms with van der Waals surface area (Å²) in [7, 11) is 0.